The topological polar surface area (TPSA) is 76.0 Å². The lowest BCUT2D eigenvalue weighted by Crippen LogP contribution is -2.30. The first-order valence-electron chi connectivity index (χ1n) is 7.16. The molecule has 0 aromatic carbocycles. The molecular weight excluding hydrogens is 300 g/mol. The maximum atomic E-state index is 11.8. The highest BCUT2D eigenvalue weighted by atomic mass is 32.1. The summed E-state index contributed by atoms with van der Waals surface area (Å²) in [5.74, 6) is 0.727. The predicted molar refractivity (Wildman–Crippen MR) is 88.4 cm³/mol. The number of thiazole rings is 1. The van der Waals surface area contributed by atoms with Crippen LogP contribution < -0.4 is 15.5 Å². The number of pyridine rings is 1. The van der Waals surface area contributed by atoms with Gasteiger partial charge in [0.05, 0.1) is 0 Å². The molecule has 0 saturated heterocycles. The van der Waals surface area contributed by atoms with E-state index in [4.69, 9.17) is 0 Å². The minimum atomic E-state index is -0.0574. The van der Waals surface area contributed by atoms with E-state index in [1.54, 1.807) is 10.8 Å². The monoisotopic (exact) mass is 320 g/mol. The number of carbonyl (C=O) groups is 1. The summed E-state index contributed by atoms with van der Waals surface area (Å²) in [7, 11) is 0. The van der Waals surface area contributed by atoms with Crippen molar-refractivity contribution >= 4 is 23.1 Å². The molecule has 1 amide bonds. The van der Waals surface area contributed by atoms with Gasteiger partial charge in [-0.1, -0.05) is 17.4 Å². The van der Waals surface area contributed by atoms with Gasteiger partial charge in [-0.15, -0.1) is 0 Å². The van der Waals surface area contributed by atoms with E-state index in [0.717, 1.165) is 16.4 Å². The standard InChI is InChI=1S/C15H20N4O2S/c1-11-12(2)22-15(21)19(11)10-6-14(20)18-9-8-17-13-5-3-4-7-16-13/h3-5,7H,6,8-10H2,1-2H3,(H,16,17)(H,18,20). The average molecular weight is 320 g/mol. The van der Waals surface area contributed by atoms with Gasteiger partial charge < -0.3 is 15.2 Å². The van der Waals surface area contributed by atoms with E-state index in [-0.39, 0.29) is 10.8 Å². The van der Waals surface area contributed by atoms with Gasteiger partial charge in [0.25, 0.3) is 0 Å². The summed E-state index contributed by atoms with van der Waals surface area (Å²) in [5.41, 5.74) is 0.944. The first kappa shape index (κ1) is 16.2. The normalized spacial score (nSPS) is 10.5. The smallest absolute Gasteiger partial charge is 0.307 e. The molecule has 2 aromatic heterocycles. The molecule has 0 saturated carbocycles. The molecule has 0 radical (unpaired) electrons. The van der Waals surface area contributed by atoms with E-state index < -0.39 is 0 Å². The van der Waals surface area contributed by atoms with Crippen molar-refractivity contribution in [2.24, 2.45) is 0 Å². The van der Waals surface area contributed by atoms with Crippen LogP contribution in [0.15, 0.2) is 29.2 Å². The number of amides is 1. The molecule has 0 bridgehead atoms. The summed E-state index contributed by atoms with van der Waals surface area (Å²) in [6.45, 7) is 5.38. The van der Waals surface area contributed by atoms with Crippen molar-refractivity contribution in [1.29, 1.82) is 0 Å². The highest BCUT2D eigenvalue weighted by molar-refractivity contribution is 7.09. The quantitative estimate of drug-likeness (QED) is 0.759. The van der Waals surface area contributed by atoms with E-state index in [2.05, 4.69) is 15.6 Å². The number of hydrogen-bond donors (Lipinski definition) is 2. The summed E-state index contributed by atoms with van der Waals surface area (Å²) >= 11 is 1.23. The third-order valence-electron chi connectivity index (χ3n) is 3.36. The molecule has 22 heavy (non-hydrogen) atoms. The van der Waals surface area contributed by atoms with Crippen LogP contribution in [0.4, 0.5) is 5.82 Å². The third kappa shape index (κ3) is 4.42. The predicted octanol–water partition coefficient (Wildman–Crippen LogP) is 1.54. The number of carbonyl (C=O) groups excluding carboxylic acids is 1. The largest absolute Gasteiger partial charge is 0.368 e. The van der Waals surface area contributed by atoms with Crippen LogP contribution in [0.2, 0.25) is 0 Å². The van der Waals surface area contributed by atoms with Crippen LogP contribution in [0.25, 0.3) is 0 Å². The molecule has 0 fully saturated rings. The van der Waals surface area contributed by atoms with E-state index in [1.165, 1.54) is 11.3 Å². The maximum Gasteiger partial charge on any atom is 0.307 e. The Morgan fingerprint density at radius 2 is 2.14 bits per heavy atom. The SMILES string of the molecule is Cc1sc(=O)n(CCC(=O)NCCNc2ccccn2)c1C. The van der Waals surface area contributed by atoms with Crippen LogP contribution in [0.1, 0.15) is 17.0 Å². The van der Waals surface area contributed by atoms with Gasteiger partial charge in [-0.3, -0.25) is 9.59 Å². The molecular formula is C15H20N4O2S. The van der Waals surface area contributed by atoms with Crippen molar-refractivity contribution in [2.75, 3.05) is 18.4 Å². The Hall–Kier alpha value is -2.15. The van der Waals surface area contributed by atoms with E-state index in [0.29, 0.717) is 26.1 Å². The number of nitrogens with one attached hydrogen (secondary N) is 2. The second kappa shape index (κ2) is 7.74. The molecule has 0 spiro atoms. The Labute approximate surface area is 133 Å². The molecule has 2 N–H and O–H groups in total. The lowest BCUT2D eigenvalue weighted by Gasteiger charge is -2.08. The first-order valence-corrected chi connectivity index (χ1v) is 7.98. The van der Waals surface area contributed by atoms with Gasteiger partial charge in [0.1, 0.15) is 5.82 Å². The van der Waals surface area contributed by atoms with Crippen molar-refractivity contribution in [1.82, 2.24) is 14.9 Å². The highest BCUT2D eigenvalue weighted by Crippen LogP contribution is 2.09. The number of nitrogens with zero attached hydrogens (tertiary/aromatic N) is 2. The zero-order chi connectivity index (χ0) is 15.9. The number of aryl methyl sites for hydroxylation is 1. The van der Waals surface area contributed by atoms with Gasteiger partial charge in [0.15, 0.2) is 0 Å². The van der Waals surface area contributed by atoms with Gasteiger partial charge >= 0.3 is 4.87 Å². The molecule has 2 rings (SSSR count). The first-order chi connectivity index (χ1) is 10.6. The van der Waals surface area contributed by atoms with Crippen LogP contribution >= 0.6 is 11.3 Å². The highest BCUT2D eigenvalue weighted by Gasteiger charge is 2.09. The van der Waals surface area contributed by atoms with Crippen LogP contribution in [0, 0.1) is 13.8 Å². The van der Waals surface area contributed by atoms with Crippen molar-refractivity contribution in [3.05, 3.63) is 44.6 Å². The summed E-state index contributed by atoms with van der Waals surface area (Å²) in [6, 6.07) is 5.62. The summed E-state index contributed by atoms with van der Waals surface area (Å²) in [6.07, 6.45) is 2.02. The number of aromatic nitrogens is 2. The van der Waals surface area contributed by atoms with E-state index in [9.17, 15) is 9.59 Å². The van der Waals surface area contributed by atoms with Crippen LogP contribution in [0.5, 0.6) is 0 Å². The minimum Gasteiger partial charge on any atom is -0.368 e. The van der Waals surface area contributed by atoms with E-state index >= 15 is 0 Å². The van der Waals surface area contributed by atoms with Crippen molar-refractivity contribution in [2.45, 2.75) is 26.8 Å². The molecule has 0 unspecified atom stereocenters. The van der Waals surface area contributed by atoms with Gasteiger partial charge in [0.2, 0.25) is 5.91 Å². The Morgan fingerprint density at radius 1 is 1.32 bits per heavy atom. The summed E-state index contributed by atoms with van der Waals surface area (Å²) in [4.78, 5) is 28.7. The number of anilines is 1. The molecule has 0 aliphatic carbocycles. The minimum absolute atomic E-state index is 0.000353. The van der Waals surface area contributed by atoms with Crippen molar-refractivity contribution in [3.8, 4) is 0 Å². The fourth-order valence-electron chi connectivity index (χ4n) is 2.01. The van der Waals surface area contributed by atoms with Gasteiger partial charge in [0, 0.05) is 42.8 Å². The lowest BCUT2D eigenvalue weighted by molar-refractivity contribution is -0.121. The van der Waals surface area contributed by atoms with Crippen molar-refractivity contribution < 1.29 is 4.79 Å². The molecule has 0 aliphatic rings. The fraction of sp³-hybridized carbons (Fsp3) is 0.400. The zero-order valence-electron chi connectivity index (χ0n) is 12.8. The third-order valence-corrected chi connectivity index (χ3v) is 4.35. The van der Waals surface area contributed by atoms with Crippen molar-refractivity contribution in [3.63, 3.8) is 0 Å². The molecule has 118 valence electrons. The zero-order valence-corrected chi connectivity index (χ0v) is 13.6. The Morgan fingerprint density at radius 3 is 2.77 bits per heavy atom. The van der Waals surface area contributed by atoms with Gasteiger partial charge in [-0.05, 0) is 26.0 Å². The van der Waals surface area contributed by atoms with Gasteiger partial charge in [-0.25, -0.2) is 4.98 Å². The Kier molecular flexibility index (Phi) is 5.71. The van der Waals surface area contributed by atoms with E-state index in [1.807, 2.05) is 32.0 Å². The molecule has 0 atom stereocenters. The second-order valence-electron chi connectivity index (χ2n) is 4.90. The molecule has 6 nitrogen and oxygen atoms in total. The second-order valence-corrected chi connectivity index (χ2v) is 6.07. The molecule has 0 aliphatic heterocycles. The fourth-order valence-corrected chi connectivity index (χ4v) is 2.87. The Bertz CT molecular complexity index is 679. The lowest BCUT2D eigenvalue weighted by atomic mass is 10.3. The maximum absolute atomic E-state index is 11.8. The average Bonchev–Trinajstić information content (AvgIpc) is 2.76. The molecule has 2 aromatic rings. The molecule has 7 heteroatoms. The van der Waals surface area contributed by atoms with Gasteiger partial charge in [-0.2, -0.15) is 0 Å². The molecule has 2 heterocycles. The van der Waals surface area contributed by atoms with Crippen LogP contribution in [-0.2, 0) is 11.3 Å². The van der Waals surface area contributed by atoms with Crippen LogP contribution in [-0.4, -0.2) is 28.5 Å². The van der Waals surface area contributed by atoms with Crippen LogP contribution in [0.3, 0.4) is 0 Å². The Balaban J connectivity index is 1.69. The number of hydrogen-bond acceptors (Lipinski definition) is 5. The number of rotatable bonds is 7. The summed E-state index contributed by atoms with van der Waals surface area (Å²) in [5, 5.41) is 5.94. The summed E-state index contributed by atoms with van der Waals surface area (Å²) < 4.78 is 1.66.